The molecule has 3 aromatic heterocycles. The van der Waals surface area contributed by atoms with E-state index in [0.29, 0.717) is 12.2 Å². The average molecular weight is 372 g/mol. The smallest absolute Gasteiger partial charge is 0.318 e. The highest BCUT2D eigenvalue weighted by Crippen LogP contribution is 2.23. The van der Waals surface area contributed by atoms with Crippen molar-refractivity contribution in [3.05, 3.63) is 51.4 Å². The number of aromatic nitrogens is 6. The van der Waals surface area contributed by atoms with Crippen LogP contribution in [0, 0.1) is 24.0 Å². The van der Waals surface area contributed by atoms with Gasteiger partial charge >= 0.3 is 5.69 Å². The number of nitrogens with zero attached hydrogens (tertiary/aromatic N) is 7. The minimum absolute atomic E-state index is 0.106. The number of carbonyl (C=O) groups is 1. The summed E-state index contributed by atoms with van der Waals surface area (Å²) in [4.78, 5) is 23.1. The van der Waals surface area contributed by atoms with Crippen molar-refractivity contribution in [1.29, 1.82) is 0 Å². The maximum Gasteiger partial charge on any atom is 0.322 e. The van der Waals surface area contributed by atoms with Gasteiger partial charge < -0.3 is 5.32 Å². The molecule has 0 atom stereocenters. The highest BCUT2D eigenvalue weighted by Gasteiger charge is 2.29. The molecule has 3 rings (SSSR count). The second kappa shape index (κ2) is 7.02. The van der Waals surface area contributed by atoms with Crippen LogP contribution in [0.2, 0.25) is 0 Å². The lowest BCUT2D eigenvalue weighted by molar-refractivity contribution is -0.385. The summed E-state index contributed by atoms with van der Waals surface area (Å²) in [5.74, 6) is -0.612. The molecule has 142 valence electrons. The number of nitrogens with one attached hydrogen (secondary N) is 1. The Balaban J connectivity index is 1.77. The van der Waals surface area contributed by atoms with Crippen molar-refractivity contribution >= 4 is 17.3 Å². The van der Waals surface area contributed by atoms with Gasteiger partial charge in [0.25, 0.3) is 5.91 Å². The first-order valence-electron chi connectivity index (χ1n) is 8.34. The van der Waals surface area contributed by atoms with E-state index in [9.17, 15) is 14.9 Å². The van der Waals surface area contributed by atoms with Gasteiger partial charge in [-0.05, 0) is 20.8 Å². The van der Waals surface area contributed by atoms with E-state index in [1.165, 1.54) is 24.9 Å². The summed E-state index contributed by atoms with van der Waals surface area (Å²) in [6.45, 7) is 6.79. The molecular weight excluding hydrogens is 352 g/mol. The third-order valence-corrected chi connectivity index (χ3v) is 4.32. The number of anilines is 1. The Labute approximate surface area is 154 Å². The van der Waals surface area contributed by atoms with Crippen LogP contribution in [0.15, 0.2) is 18.6 Å². The second-order valence-electron chi connectivity index (χ2n) is 6.12. The lowest BCUT2D eigenvalue weighted by Crippen LogP contribution is -2.17. The van der Waals surface area contributed by atoms with Crippen LogP contribution in [0.4, 0.5) is 11.4 Å². The maximum absolute atomic E-state index is 12.5. The molecule has 0 unspecified atom stereocenters. The topological polar surface area (TPSA) is 126 Å². The average Bonchev–Trinajstić information content (AvgIpc) is 3.26. The Kier molecular flexibility index (Phi) is 4.75. The van der Waals surface area contributed by atoms with E-state index in [1.54, 1.807) is 17.1 Å². The van der Waals surface area contributed by atoms with Crippen molar-refractivity contribution in [2.24, 2.45) is 7.05 Å². The van der Waals surface area contributed by atoms with Crippen LogP contribution in [-0.2, 0) is 20.1 Å². The molecule has 11 nitrogen and oxygen atoms in total. The standard InChI is InChI=1S/C16H20N8O3/c1-5-23-11(3)12(6-18-23)8-22-9-13(7-17-22)19-16(25)15-14(24(26)27)10(2)20-21(15)4/h6-7,9H,5,8H2,1-4H3,(H,19,25). The Morgan fingerprint density at radius 1 is 1.30 bits per heavy atom. The fourth-order valence-electron chi connectivity index (χ4n) is 2.96. The molecule has 0 fully saturated rings. The quantitative estimate of drug-likeness (QED) is 0.518. The predicted molar refractivity (Wildman–Crippen MR) is 96.5 cm³/mol. The highest BCUT2D eigenvalue weighted by atomic mass is 16.6. The summed E-state index contributed by atoms with van der Waals surface area (Å²) in [6.07, 6.45) is 4.95. The van der Waals surface area contributed by atoms with E-state index in [1.807, 2.05) is 18.5 Å². The zero-order chi connectivity index (χ0) is 19.7. The number of nitro groups is 1. The number of carbonyl (C=O) groups excluding carboxylic acids is 1. The van der Waals surface area contributed by atoms with Crippen LogP contribution in [-0.4, -0.2) is 40.2 Å². The zero-order valence-corrected chi connectivity index (χ0v) is 15.5. The van der Waals surface area contributed by atoms with Gasteiger partial charge in [-0.25, -0.2) is 0 Å². The lowest BCUT2D eigenvalue weighted by atomic mass is 10.2. The fraction of sp³-hybridized carbons (Fsp3) is 0.375. The third-order valence-electron chi connectivity index (χ3n) is 4.32. The summed E-state index contributed by atoms with van der Waals surface area (Å²) < 4.78 is 4.77. The van der Waals surface area contributed by atoms with E-state index < -0.39 is 10.8 Å². The van der Waals surface area contributed by atoms with Crippen molar-refractivity contribution in [2.75, 3.05) is 5.32 Å². The van der Waals surface area contributed by atoms with Gasteiger partial charge in [0.2, 0.25) is 5.69 Å². The molecule has 1 amide bonds. The molecule has 0 bridgehead atoms. The summed E-state index contributed by atoms with van der Waals surface area (Å²) in [5.41, 5.74) is 2.30. The highest BCUT2D eigenvalue weighted by molar-refractivity contribution is 6.05. The summed E-state index contributed by atoms with van der Waals surface area (Å²) >= 11 is 0. The number of aryl methyl sites for hydroxylation is 3. The lowest BCUT2D eigenvalue weighted by Gasteiger charge is -2.03. The van der Waals surface area contributed by atoms with Gasteiger partial charge in [-0.3, -0.25) is 29.0 Å². The van der Waals surface area contributed by atoms with Crippen LogP contribution in [0.1, 0.15) is 34.4 Å². The summed E-state index contributed by atoms with van der Waals surface area (Å²) in [7, 11) is 1.49. The Morgan fingerprint density at radius 3 is 2.67 bits per heavy atom. The summed E-state index contributed by atoms with van der Waals surface area (Å²) in [6, 6.07) is 0. The maximum atomic E-state index is 12.5. The van der Waals surface area contributed by atoms with E-state index in [0.717, 1.165) is 17.8 Å². The molecule has 11 heteroatoms. The van der Waals surface area contributed by atoms with E-state index in [4.69, 9.17) is 0 Å². The predicted octanol–water partition coefficient (Wildman–Crippen LogP) is 1.66. The number of hydrogen-bond acceptors (Lipinski definition) is 6. The molecule has 0 aliphatic heterocycles. The van der Waals surface area contributed by atoms with Crippen molar-refractivity contribution in [1.82, 2.24) is 29.3 Å². The molecule has 0 saturated carbocycles. The number of hydrogen-bond donors (Lipinski definition) is 1. The first-order valence-corrected chi connectivity index (χ1v) is 8.34. The SMILES string of the molecule is CCn1ncc(Cn2cc(NC(=O)c3c([N+](=O)[O-])c(C)nn3C)cn2)c1C. The molecule has 0 spiro atoms. The molecule has 1 N–H and O–H groups in total. The van der Waals surface area contributed by atoms with Gasteiger partial charge in [-0.2, -0.15) is 15.3 Å². The first kappa shape index (κ1) is 18.3. The van der Waals surface area contributed by atoms with E-state index in [-0.39, 0.29) is 17.1 Å². The molecule has 3 aromatic rings. The molecule has 0 aromatic carbocycles. The number of amides is 1. The van der Waals surface area contributed by atoms with Gasteiger partial charge in [0, 0.05) is 31.0 Å². The van der Waals surface area contributed by atoms with Crippen LogP contribution in [0.25, 0.3) is 0 Å². The molecule has 27 heavy (non-hydrogen) atoms. The van der Waals surface area contributed by atoms with Crippen LogP contribution in [0.3, 0.4) is 0 Å². The first-order chi connectivity index (χ1) is 12.8. The molecule has 0 aliphatic rings. The van der Waals surface area contributed by atoms with E-state index >= 15 is 0 Å². The van der Waals surface area contributed by atoms with Gasteiger partial charge in [-0.1, -0.05) is 0 Å². The van der Waals surface area contributed by atoms with Crippen LogP contribution < -0.4 is 5.32 Å². The van der Waals surface area contributed by atoms with Gasteiger partial charge in [0.15, 0.2) is 0 Å². The van der Waals surface area contributed by atoms with Crippen molar-refractivity contribution in [3.8, 4) is 0 Å². The monoisotopic (exact) mass is 372 g/mol. The second-order valence-corrected chi connectivity index (χ2v) is 6.12. The molecule has 0 saturated heterocycles. The van der Waals surface area contributed by atoms with Gasteiger partial charge in [-0.15, -0.1) is 0 Å². The van der Waals surface area contributed by atoms with Crippen LogP contribution in [0.5, 0.6) is 0 Å². The summed E-state index contributed by atoms with van der Waals surface area (Å²) in [5, 5.41) is 26.3. The Morgan fingerprint density at radius 2 is 2.04 bits per heavy atom. The minimum atomic E-state index is -0.612. The Bertz CT molecular complexity index is 1010. The third kappa shape index (κ3) is 3.43. The van der Waals surface area contributed by atoms with Crippen LogP contribution >= 0.6 is 0 Å². The van der Waals surface area contributed by atoms with Crippen molar-refractivity contribution < 1.29 is 9.72 Å². The van der Waals surface area contributed by atoms with Crippen molar-refractivity contribution in [3.63, 3.8) is 0 Å². The van der Waals surface area contributed by atoms with E-state index in [2.05, 4.69) is 20.6 Å². The largest absolute Gasteiger partial charge is 0.322 e. The molecule has 3 heterocycles. The zero-order valence-electron chi connectivity index (χ0n) is 15.5. The fourth-order valence-corrected chi connectivity index (χ4v) is 2.96. The Hall–Kier alpha value is -3.50. The molecule has 0 radical (unpaired) electrons. The molecular formula is C16H20N8O3. The number of rotatable bonds is 6. The van der Waals surface area contributed by atoms with Gasteiger partial charge in [0.05, 0.1) is 29.5 Å². The normalized spacial score (nSPS) is 11.0. The van der Waals surface area contributed by atoms with Gasteiger partial charge in [0.1, 0.15) is 5.69 Å². The molecule has 0 aliphatic carbocycles. The minimum Gasteiger partial charge on any atom is -0.318 e. The van der Waals surface area contributed by atoms with Crippen molar-refractivity contribution in [2.45, 2.75) is 33.9 Å².